The van der Waals surface area contributed by atoms with Gasteiger partial charge in [-0.15, -0.1) is 11.8 Å². The molecule has 1 atom stereocenters. The average Bonchev–Trinajstić information content (AvgIpc) is 2.67. The van der Waals surface area contributed by atoms with Gasteiger partial charge >= 0.3 is 0 Å². The predicted molar refractivity (Wildman–Crippen MR) is 115 cm³/mol. The summed E-state index contributed by atoms with van der Waals surface area (Å²) in [4.78, 5) is 26.8. The number of likely N-dealkylation sites (N-methyl/N-ethyl adjacent to an activating group) is 1. The fraction of sp³-hybridized carbons (Fsp3) is 0.333. The number of hydrogen-bond acceptors (Lipinski definition) is 3. The standard InChI is InChI=1S/C21H24BrFN2O2S/c1-3-24-21(27)15(2)25(12-17-5-4-6-18(22)11-17)20(26)14-28-13-16-7-9-19(23)10-8-16/h4-11,15H,3,12-14H2,1-2H3,(H,24,27)/t15-/m0/s1. The number of nitrogens with one attached hydrogen (secondary N) is 1. The Morgan fingerprint density at radius 3 is 2.54 bits per heavy atom. The van der Waals surface area contributed by atoms with E-state index in [1.165, 1.54) is 23.9 Å². The van der Waals surface area contributed by atoms with Crippen LogP contribution in [0.1, 0.15) is 25.0 Å². The topological polar surface area (TPSA) is 49.4 Å². The van der Waals surface area contributed by atoms with Crippen molar-refractivity contribution in [2.75, 3.05) is 12.3 Å². The fourth-order valence-corrected chi connectivity index (χ4v) is 3.97. The molecule has 7 heteroatoms. The van der Waals surface area contributed by atoms with E-state index in [9.17, 15) is 14.0 Å². The van der Waals surface area contributed by atoms with E-state index in [-0.39, 0.29) is 23.4 Å². The summed E-state index contributed by atoms with van der Waals surface area (Å²) in [7, 11) is 0. The van der Waals surface area contributed by atoms with Gasteiger partial charge in [-0.25, -0.2) is 4.39 Å². The largest absolute Gasteiger partial charge is 0.355 e. The second-order valence-corrected chi connectivity index (χ2v) is 8.24. The van der Waals surface area contributed by atoms with Crippen LogP contribution < -0.4 is 5.32 Å². The van der Waals surface area contributed by atoms with Crippen LogP contribution in [0.15, 0.2) is 53.0 Å². The molecule has 0 unspecified atom stereocenters. The van der Waals surface area contributed by atoms with E-state index in [1.54, 1.807) is 24.0 Å². The Hall–Kier alpha value is -1.86. The predicted octanol–water partition coefficient (Wildman–Crippen LogP) is 4.37. The van der Waals surface area contributed by atoms with E-state index in [0.717, 1.165) is 15.6 Å². The van der Waals surface area contributed by atoms with Crippen molar-refractivity contribution in [3.05, 3.63) is 69.9 Å². The molecule has 0 aliphatic heterocycles. The zero-order chi connectivity index (χ0) is 20.5. The van der Waals surface area contributed by atoms with Crippen LogP contribution in [0.3, 0.4) is 0 Å². The molecule has 0 bridgehead atoms. The van der Waals surface area contributed by atoms with E-state index in [2.05, 4.69) is 21.2 Å². The number of carbonyl (C=O) groups is 2. The molecule has 0 saturated heterocycles. The van der Waals surface area contributed by atoms with Gasteiger partial charge in [-0.2, -0.15) is 0 Å². The van der Waals surface area contributed by atoms with Crippen LogP contribution in [-0.4, -0.2) is 35.1 Å². The molecule has 0 aromatic heterocycles. The number of carbonyl (C=O) groups excluding carboxylic acids is 2. The Balaban J connectivity index is 2.04. The molecule has 2 aromatic rings. The molecule has 0 spiro atoms. The van der Waals surface area contributed by atoms with Gasteiger partial charge in [0.2, 0.25) is 11.8 Å². The average molecular weight is 467 g/mol. The van der Waals surface area contributed by atoms with Crippen molar-refractivity contribution in [3.63, 3.8) is 0 Å². The van der Waals surface area contributed by atoms with Crippen LogP contribution in [0.4, 0.5) is 4.39 Å². The highest BCUT2D eigenvalue weighted by Gasteiger charge is 2.25. The van der Waals surface area contributed by atoms with Gasteiger partial charge in [-0.3, -0.25) is 9.59 Å². The van der Waals surface area contributed by atoms with Gasteiger partial charge in [0.25, 0.3) is 0 Å². The lowest BCUT2D eigenvalue weighted by Crippen LogP contribution is -2.48. The van der Waals surface area contributed by atoms with Gasteiger partial charge in [-0.1, -0.05) is 40.2 Å². The Labute approximate surface area is 178 Å². The first-order valence-corrected chi connectivity index (χ1v) is 11.0. The van der Waals surface area contributed by atoms with Gasteiger partial charge in [0.05, 0.1) is 5.75 Å². The number of benzene rings is 2. The molecule has 0 heterocycles. The lowest BCUT2D eigenvalue weighted by Gasteiger charge is -2.28. The highest BCUT2D eigenvalue weighted by molar-refractivity contribution is 9.10. The highest BCUT2D eigenvalue weighted by atomic mass is 79.9. The summed E-state index contributed by atoms with van der Waals surface area (Å²) in [6.07, 6.45) is 0. The second kappa shape index (κ2) is 11.2. The summed E-state index contributed by atoms with van der Waals surface area (Å²) in [5.74, 6) is 0.294. The number of nitrogens with zero attached hydrogens (tertiary/aromatic N) is 1. The molecule has 28 heavy (non-hydrogen) atoms. The van der Waals surface area contributed by atoms with Crippen molar-refractivity contribution in [1.29, 1.82) is 0 Å². The number of rotatable bonds is 9. The van der Waals surface area contributed by atoms with Gasteiger partial charge in [-0.05, 0) is 49.2 Å². The third kappa shape index (κ3) is 6.95. The SMILES string of the molecule is CCNC(=O)[C@H](C)N(Cc1cccc(Br)c1)C(=O)CSCc1ccc(F)cc1. The van der Waals surface area contributed by atoms with Crippen molar-refractivity contribution in [3.8, 4) is 0 Å². The lowest BCUT2D eigenvalue weighted by atomic mass is 10.1. The van der Waals surface area contributed by atoms with Crippen molar-refractivity contribution in [1.82, 2.24) is 10.2 Å². The van der Waals surface area contributed by atoms with Crippen molar-refractivity contribution < 1.29 is 14.0 Å². The van der Waals surface area contributed by atoms with Crippen molar-refractivity contribution >= 4 is 39.5 Å². The zero-order valence-corrected chi connectivity index (χ0v) is 18.4. The van der Waals surface area contributed by atoms with Crippen LogP contribution in [0.25, 0.3) is 0 Å². The number of halogens is 2. The monoisotopic (exact) mass is 466 g/mol. The van der Waals surface area contributed by atoms with Gasteiger partial charge in [0.1, 0.15) is 11.9 Å². The Kier molecular flexibility index (Phi) is 8.99. The minimum Gasteiger partial charge on any atom is -0.355 e. The fourth-order valence-electron chi connectivity index (χ4n) is 2.66. The molecule has 2 amide bonds. The molecular formula is C21H24BrFN2O2S. The summed E-state index contributed by atoms with van der Waals surface area (Å²) in [6, 6.07) is 13.4. The van der Waals surface area contributed by atoms with Crippen LogP contribution in [0.5, 0.6) is 0 Å². The van der Waals surface area contributed by atoms with Crippen LogP contribution in [0.2, 0.25) is 0 Å². The molecule has 0 saturated carbocycles. The Bertz CT molecular complexity index is 801. The number of hydrogen-bond donors (Lipinski definition) is 1. The van der Waals surface area contributed by atoms with Crippen LogP contribution >= 0.6 is 27.7 Å². The van der Waals surface area contributed by atoms with E-state index in [1.807, 2.05) is 31.2 Å². The maximum Gasteiger partial charge on any atom is 0.242 e. The van der Waals surface area contributed by atoms with Crippen molar-refractivity contribution in [2.24, 2.45) is 0 Å². The van der Waals surface area contributed by atoms with Gasteiger partial charge in [0.15, 0.2) is 0 Å². The maximum atomic E-state index is 13.0. The van der Waals surface area contributed by atoms with E-state index >= 15 is 0 Å². The van der Waals surface area contributed by atoms with Crippen LogP contribution in [-0.2, 0) is 21.9 Å². The molecule has 1 N–H and O–H groups in total. The molecule has 0 radical (unpaired) electrons. The number of thioether (sulfide) groups is 1. The summed E-state index contributed by atoms with van der Waals surface area (Å²) >= 11 is 4.89. The van der Waals surface area contributed by atoms with E-state index < -0.39 is 6.04 Å². The summed E-state index contributed by atoms with van der Waals surface area (Å²) in [6.45, 7) is 4.46. The second-order valence-electron chi connectivity index (χ2n) is 6.34. The molecular weight excluding hydrogens is 443 g/mol. The van der Waals surface area contributed by atoms with E-state index in [4.69, 9.17) is 0 Å². The minimum absolute atomic E-state index is 0.106. The third-order valence-electron chi connectivity index (χ3n) is 4.17. The summed E-state index contributed by atoms with van der Waals surface area (Å²) in [5, 5.41) is 2.78. The smallest absolute Gasteiger partial charge is 0.242 e. The first-order valence-electron chi connectivity index (χ1n) is 9.04. The van der Waals surface area contributed by atoms with Gasteiger partial charge in [0, 0.05) is 23.3 Å². The molecule has 2 aromatic carbocycles. The third-order valence-corrected chi connectivity index (χ3v) is 5.65. The molecule has 0 fully saturated rings. The number of amides is 2. The molecule has 4 nitrogen and oxygen atoms in total. The maximum absolute atomic E-state index is 13.0. The normalized spacial score (nSPS) is 11.7. The van der Waals surface area contributed by atoms with Crippen molar-refractivity contribution in [2.45, 2.75) is 32.2 Å². The minimum atomic E-state index is -0.571. The summed E-state index contributed by atoms with van der Waals surface area (Å²) in [5.41, 5.74) is 1.90. The first-order chi connectivity index (χ1) is 13.4. The molecule has 0 aliphatic carbocycles. The zero-order valence-electron chi connectivity index (χ0n) is 16.0. The highest BCUT2D eigenvalue weighted by Crippen LogP contribution is 2.18. The molecule has 2 rings (SSSR count). The Morgan fingerprint density at radius 1 is 1.18 bits per heavy atom. The van der Waals surface area contributed by atoms with Crippen LogP contribution in [0, 0.1) is 5.82 Å². The summed E-state index contributed by atoms with van der Waals surface area (Å²) < 4.78 is 13.9. The van der Waals surface area contributed by atoms with E-state index in [0.29, 0.717) is 18.8 Å². The Morgan fingerprint density at radius 2 is 1.89 bits per heavy atom. The van der Waals surface area contributed by atoms with Gasteiger partial charge < -0.3 is 10.2 Å². The lowest BCUT2D eigenvalue weighted by molar-refractivity contribution is -0.138. The molecule has 150 valence electrons. The first kappa shape index (κ1) is 22.4. The molecule has 0 aliphatic rings. The quantitative estimate of drug-likeness (QED) is 0.596.